The number of aromatic nitrogens is 3. The Hall–Kier alpha value is -1.72. The van der Waals surface area contributed by atoms with Crippen molar-refractivity contribution in [2.24, 2.45) is 0 Å². The van der Waals surface area contributed by atoms with Gasteiger partial charge >= 0.3 is 0 Å². The minimum absolute atomic E-state index is 0.121. The van der Waals surface area contributed by atoms with Crippen molar-refractivity contribution < 1.29 is 4.74 Å². The molecule has 0 N–H and O–H groups in total. The van der Waals surface area contributed by atoms with Crippen LogP contribution in [0.3, 0.4) is 0 Å². The molecule has 0 radical (unpaired) electrons. The van der Waals surface area contributed by atoms with Crippen molar-refractivity contribution in [3.8, 4) is 0 Å². The van der Waals surface area contributed by atoms with Crippen molar-refractivity contribution in [2.75, 3.05) is 26.7 Å². The number of benzene rings is 1. The van der Waals surface area contributed by atoms with E-state index in [1.165, 1.54) is 5.56 Å². The molecule has 5 nitrogen and oxygen atoms in total. The molecular formula is C17H24N4O. The zero-order valence-electron chi connectivity index (χ0n) is 13.4. The molecule has 118 valence electrons. The van der Waals surface area contributed by atoms with Crippen LogP contribution >= 0.6 is 0 Å². The van der Waals surface area contributed by atoms with Gasteiger partial charge in [-0.3, -0.25) is 0 Å². The molecule has 3 rings (SSSR count). The molecule has 1 fully saturated rings. The molecule has 2 aromatic rings. The first-order valence-corrected chi connectivity index (χ1v) is 7.91. The van der Waals surface area contributed by atoms with Crippen LogP contribution in [0, 0.1) is 6.92 Å². The highest BCUT2D eigenvalue weighted by Crippen LogP contribution is 2.35. The molecule has 0 atom stereocenters. The van der Waals surface area contributed by atoms with E-state index in [0.29, 0.717) is 0 Å². The van der Waals surface area contributed by atoms with E-state index < -0.39 is 0 Å². The van der Waals surface area contributed by atoms with Gasteiger partial charge in [0.1, 0.15) is 12.2 Å². The zero-order valence-corrected chi connectivity index (χ0v) is 13.4. The van der Waals surface area contributed by atoms with Gasteiger partial charge in [-0.25, -0.2) is 0 Å². The van der Waals surface area contributed by atoms with Crippen LogP contribution in [0.1, 0.15) is 24.2 Å². The number of ether oxygens (including phenoxy) is 1. The van der Waals surface area contributed by atoms with Gasteiger partial charge < -0.3 is 14.2 Å². The van der Waals surface area contributed by atoms with Gasteiger partial charge in [0.15, 0.2) is 0 Å². The summed E-state index contributed by atoms with van der Waals surface area (Å²) in [6.45, 7) is 6.10. The summed E-state index contributed by atoms with van der Waals surface area (Å²) >= 11 is 0. The molecule has 0 spiro atoms. The summed E-state index contributed by atoms with van der Waals surface area (Å²) in [5.74, 6) is 0.979. The largest absolute Gasteiger partial charge is 0.373 e. The zero-order chi connectivity index (χ0) is 15.4. The third-order valence-electron chi connectivity index (χ3n) is 4.82. The highest BCUT2D eigenvalue weighted by molar-refractivity contribution is 5.23. The lowest BCUT2D eigenvalue weighted by atomic mass is 9.84. The summed E-state index contributed by atoms with van der Waals surface area (Å²) in [4.78, 5) is 2.50. The summed E-state index contributed by atoms with van der Waals surface area (Å²) in [5.41, 5.74) is 1.18. The van der Waals surface area contributed by atoms with Crippen LogP contribution in [-0.2, 0) is 16.9 Å². The van der Waals surface area contributed by atoms with Crippen molar-refractivity contribution in [2.45, 2.75) is 31.9 Å². The van der Waals surface area contributed by atoms with E-state index in [-0.39, 0.29) is 5.60 Å². The summed E-state index contributed by atoms with van der Waals surface area (Å²) in [6.07, 6.45) is 3.88. The number of aryl methyl sites for hydroxylation is 1. The molecule has 1 aromatic carbocycles. The SMILES string of the molecule is COC1(c2ccccc2)CCN(CCn2cnnc2C)CC1. The van der Waals surface area contributed by atoms with Crippen LogP contribution in [0.25, 0.3) is 0 Å². The first-order valence-electron chi connectivity index (χ1n) is 7.91. The maximum absolute atomic E-state index is 5.93. The van der Waals surface area contributed by atoms with E-state index in [4.69, 9.17) is 4.74 Å². The fraction of sp³-hybridized carbons (Fsp3) is 0.529. The molecule has 1 aromatic heterocycles. The Morgan fingerprint density at radius 3 is 2.45 bits per heavy atom. The first-order chi connectivity index (χ1) is 10.7. The fourth-order valence-electron chi connectivity index (χ4n) is 3.27. The molecule has 5 heteroatoms. The van der Waals surface area contributed by atoms with E-state index in [1.807, 2.05) is 20.4 Å². The Morgan fingerprint density at radius 2 is 1.86 bits per heavy atom. The van der Waals surface area contributed by atoms with Gasteiger partial charge in [0.05, 0.1) is 5.60 Å². The summed E-state index contributed by atoms with van der Waals surface area (Å²) in [5, 5.41) is 7.97. The van der Waals surface area contributed by atoms with Crippen molar-refractivity contribution in [3.63, 3.8) is 0 Å². The van der Waals surface area contributed by atoms with Gasteiger partial charge in [-0.1, -0.05) is 30.3 Å². The lowest BCUT2D eigenvalue weighted by molar-refractivity contribution is -0.0627. The summed E-state index contributed by atoms with van der Waals surface area (Å²) in [7, 11) is 1.84. The van der Waals surface area contributed by atoms with Gasteiger partial charge in [0, 0.05) is 33.3 Å². The average molecular weight is 300 g/mol. The van der Waals surface area contributed by atoms with Gasteiger partial charge in [-0.05, 0) is 25.3 Å². The number of piperidine rings is 1. The molecule has 0 unspecified atom stereocenters. The Bertz CT molecular complexity index is 588. The maximum Gasteiger partial charge on any atom is 0.129 e. The standard InChI is InChI=1S/C17H24N4O/c1-15-19-18-14-21(15)13-12-20-10-8-17(22-2,9-11-20)16-6-4-3-5-7-16/h3-7,14H,8-13H2,1-2H3. The minimum Gasteiger partial charge on any atom is -0.373 e. The van der Waals surface area contributed by atoms with Crippen molar-refractivity contribution in [1.29, 1.82) is 0 Å². The second-order valence-electron chi connectivity index (χ2n) is 5.98. The quantitative estimate of drug-likeness (QED) is 0.849. The van der Waals surface area contributed by atoms with Gasteiger partial charge in [0.2, 0.25) is 0 Å². The van der Waals surface area contributed by atoms with E-state index >= 15 is 0 Å². The lowest BCUT2D eigenvalue weighted by Gasteiger charge is -2.41. The van der Waals surface area contributed by atoms with Gasteiger partial charge in [-0.15, -0.1) is 10.2 Å². The van der Waals surface area contributed by atoms with E-state index in [0.717, 1.165) is 44.8 Å². The minimum atomic E-state index is -0.121. The first kappa shape index (κ1) is 15.2. The topological polar surface area (TPSA) is 43.2 Å². The highest BCUT2D eigenvalue weighted by Gasteiger charge is 2.35. The van der Waals surface area contributed by atoms with Crippen molar-refractivity contribution in [1.82, 2.24) is 19.7 Å². The molecule has 1 aliphatic rings. The van der Waals surface area contributed by atoms with Crippen LogP contribution < -0.4 is 0 Å². The second kappa shape index (κ2) is 6.58. The third-order valence-corrected chi connectivity index (χ3v) is 4.82. The van der Waals surface area contributed by atoms with Crippen LogP contribution in [0.5, 0.6) is 0 Å². The summed E-state index contributed by atoms with van der Waals surface area (Å²) in [6, 6.07) is 10.6. The maximum atomic E-state index is 5.93. The van der Waals surface area contributed by atoms with Gasteiger partial charge in [0.25, 0.3) is 0 Å². The number of hydrogen-bond acceptors (Lipinski definition) is 4. The third kappa shape index (κ3) is 3.05. The normalized spacial score (nSPS) is 18.5. The number of hydrogen-bond donors (Lipinski definition) is 0. The molecule has 0 amide bonds. The fourth-order valence-corrected chi connectivity index (χ4v) is 3.27. The highest BCUT2D eigenvalue weighted by atomic mass is 16.5. The van der Waals surface area contributed by atoms with Crippen molar-refractivity contribution in [3.05, 3.63) is 48.0 Å². The second-order valence-corrected chi connectivity index (χ2v) is 5.98. The van der Waals surface area contributed by atoms with E-state index in [2.05, 4.69) is 50.0 Å². The predicted molar refractivity (Wildman–Crippen MR) is 85.6 cm³/mol. The van der Waals surface area contributed by atoms with Crippen LogP contribution in [0.2, 0.25) is 0 Å². The molecule has 22 heavy (non-hydrogen) atoms. The van der Waals surface area contributed by atoms with Crippen molar-refractivity contribution >= 4 is 0 Å². The Morgan fingerprint density at radius 1 is 1.14 bits per heavy atom. The number of rotatable bonds is 5. The molecule has 1 aliphatic heterocycles. The molecule has 0 bridgehead atoms. The van der Waals surface area contributed by atoms with Crippen LogP contribution in [0.15, 0.2) is 36.7 Å². The molecular weight excluding hydrogens is 276 g/mol. The Balaban J connectivity index is 1.58. The lowest BCUT2D eigenvalue weighted by Crippen LogP contribution is -2.44. The summed E-state index contributed by atoms with van der Waals surface area (Å²) < 4.78 is 8.04. The number of methoxy groups -OCH3 is 1. The monoisotopic (exact) mass is 300 g/mol. The number of nitrogens with zero attached hydrogens (tertiary/aromatic N) is 4. The molecule has 1 saturated heterocycles. The molecule has 0 saturated carbocycles. The van der Waals surface area contributed by atoms with E-state index in [9.17, 15) is 0 Å². The Kier molecular flexibility index (Phi) is 4.55. The Labute approximate surface area is 131 Å². The molecule has 2 heterocycles. The van der Waals surface area contributed by atoms with E-state index in [1.54, 1.807) is 0 Å². The number of likely N-dealkylation sites (tertiary alicyclic amines) is 1. The predicted octanol–water partition coefficient (Wildman–Crippen LogP) is 2.22. The smallest absolute Gasteiger partial charge is 0.129 e. The van der Waals surface area contributed by atoms with Crippen LogP contribution in [0.4, 0.5) is 0 Å². The van der Waals surface area contributed by atoms with Gasteiger partial charge in [-0.2, -0.15) is 0 Å². The average Bonchev–Trinajstić information content (AvgIpc) is 2.99. The van der Waals surface area contributed by atoms with Crippen LogP contribution in [-0.4, -0.2) is 46.4 Å². The molecule has 0 aliphatic carbocycles.